The van der Waals surface area contributed by atoms with Crippen molar-refractivity contribution in [3.8, 4) is 6.07 Å². The van der Waals surface area contributed by atoms with Crippen LogP contribution in [0, 0.1) is 11.3 Å². The van der Waals surface area contributed by atoms with Crippen molar-refractivity contribution in [2.75, 3.05) is 48.0 Å². The van der Waals surface area contributed by atoms with Crippen LogP contribution in [0.15, 0.2) is 24.3 Å². The lowest BCUT2D eigenvalue weighted by Crippen LogP contribution is -2.36. The van der Waals surface area contributed by atoms with E-state index in [9.17, 15) is 4.79 Å². The van der Waals surface area contributed by atoms with Gasteiger partial charge >= 0.3 is 0 Å². The maximum atomic E-state index is 11.6. The smallest absolute Gasteiger partial charge is 0.234 e. The van der Waals surface area contributed by atoms with Gasteiger partial charge in [0.05, 0.1) is 30.8 Å². The number of nitriles is 1. The Labute approximate surface area is 122 Å². The number of nitrogens with one attached hydrogen (secondary N) is 1. The van der Waals surface area contributed by atoms with Crippen molar-refractivity contribution < 1.29 is 9.53 Å². The van der Waals surface area contributed by atoms with Crippen molar-refractivity contribution in [2.24, 2.45) is 0 Å². The van der Waals surface area contributed by atoms with Crippen molar-refractivity contribution in [3.63, 3.8) is 0 Å². The fourth-order valence-electron chi connectivity index (χ4n) is 1.96. The highest BCUT2D eigenvalue weighted by Crippen LogP contribution is 2.19. The van der Waals surface area contributed by atoms with Crippen LogP contribution in [-0.2, 0) is 9.53 Å². The first kappa shape index (κ1) is 14.7. The van der Waals surface area contributed by atoms with Crippen LogP contribution in [-0.4, -0.2) is 43.7 Å². The molecule has 1 saturated heterocycles. The Bertz CT molecular complexity index is 478. The predicted molar refractivity (Wildman–Crippen MR) is 81.0 cm³/mol. The number of hydrogen-bond acceptors (Lipinski definition) is 5. The molecule has 6 heteroatoms. The Morgan fingerprint density at radius 2 is 2.05 bits per heavy atom. The van der Waals surface area contributed by atoms with Crippen LogP contribution < -0.4 is 10.2 Å². The Kier molecular flexibility index (Phi) is 5.71. The van der Waals surface area contributed by atoms with Gasteiger partial charge in [0.2, 0.25) is 5.91 Å². The molecule has 0 bridgehead atoms. The third-order valence-corrected chi connectivity index (χ3v) is 3.73. The number of ether oxygens (including phenoxy) is 1. The van der Waals surface area contributed by atoms with Crippen LogP contribution in [0.2, 0.25) is 0 Å². The van der Waals surface area contributed by atoms with Gasteiger partial charge < -0.3 is 15.0 Å². The van der Waals surface area contributed by atoms with Gasteiger partial charge in [0.15, 0.2) is 0 Å². The highest BCUT2D eigenvalue weighted by Gasteiger charge is 2.11. The molecule has 0 unspecified atom stereocenters. The topological polar surface area (TPSA) is 65.4 Å². The van der Waals surface area contributed by atoms with Crippen molar-refractivity contribution >= 4 is 29.0 Å². The number of benzene rings is 1. The quantitative estimate of drug-likeness (QED) is 0.837. The van der Waals surface area contributed by atoms with E-state index in [0.717, 1.165) is 37.7 Å². The summed E-state index contributed by atoms with van der Waals surface area (Å²) in [6.07, 6.45) is 0. The molecule has 0 aromatic heterocycles. The van der Waals surface area contributed by atoms with Gasteiger partial charge in [-0.15, -0.1) is 11.8 Å². The normalized spacial score (nSPS) is 14.7. The zero-order chi connectivity index (χ0) is 14.2. The van der Waals surface area contributed by atoms with Gasteiger partial charge in [0, 0.05) is 24.5 Å². The van der Waals surface area contributed by atoms with Crippen LogP contribution in [0.3, 0.4) is 0 Å². The number of nitrogens with zero attached hydrogens (tertiary/aromatic N) is 2. The Hall–Kier alpha value is -1.71. The van der Waals surface area contributed by atoms with Crippen molar-refractivity contribution in [2.45, 2.75) is 0 Å². The zero-order valence-corrected chi connectivity index (χ0v) is 12.0. The van der Waals surface area contributed by atoms with Gasteiger partial charge in [-0.1, -0.05) is 0 Å². The second kappa shape index (κ2) is 7.78. The molecule has 2 rings (SSSR count). The molecule has 20 heavy (non-hydrogen) atoms. The monoisotopic (exact) mass is 291 g/mol. The maximum Gasteiger partial charge on any atom is 0.234 e. The summed E-state index contributed by atoms with van der Waals surface area (Å²) in [6.45, 7) is 3.32. The highest BCUT2D eigenvalue weighted by atomic mass is 32.2. The van der Waals surface area contributed by atoms with Crippen LogP contribution in [0.4, 0.5) is 11.4 Å². The molecule has 0 spiro atoms. The second-order valence-corrected chi connectivity index (χ2v) is 5.33. The number of thioether (sulfide) groups is 1. The van der Waals surface area contributed by atoms with Gasteiger partial charge in [-0.25, -0.2) is 0 Å². The first-order chi connectivity index (χ1) is 9.79. The number of morpholine rings is 1. The standard InChI is InChI=1S/C14H17N3O2S/c15-5-10-20-11-14(18)16-12-1-3-13(4-2-12)17-6-8-19-9-7-17/h1-4H,6-11H2,(H,16,18). The van der Waals surface area contributed by atoms with Gasteiger partial charge in [0.25, 0.3) is 0 Å². The summed E-state index contributed by atoms with van der Waals surface area (Å²) < 4.78 is 5.32. The Morgan fingerprint density at radius 3 is 2.70 bits per heavy atom. The minimum absolute atomic E-state index is 0.0793. The van der Waals surface area contributed by atoms with E-state index in [4.69, 9.17) is 10.00 Å². The largest absolute Gasteiger partial charge is 0.378 e. The minimum atomic E-state index is -0.0793. The molecule has 0 saturated carbocycles. The Balaban J connectivity index is 1.84. The molecule has 1 N–H and O–H groups in total. The summed E-state index contributed by atoms with van der Waals surface area (Å²) in [6, 6.07) is 9.81. The lowest BCUT2D eigenvalue weighted by atomic mass is 10.2. The average molecular weight is 291 g/mol. The lowest BCUT2D eigenvalue weighted by molar-refractivity contribution is -0.113. The van der Waals surface area contributed by atoms with E-state index in [0.29, 0.717) is 11.5 Å². The third kappa shape index (κ3) is 4.44. The highest BCUT2D eigenvalue weighted by molar-refractivity contribution is 8.00. The number of anilines is 2. The number of rotatable bonds is 5. The summed E-state index contributed by atoms with van der Waals surface area (Å²) in [4.78, 5) is 13.9. The molecule has 1 heterocycles. The summed E-state index contributed by atoms with van der Waals surface area (Å²) in [5, 5.41) is 11.2. The maximum absolute atomic E-state index is 11.6. The first-order valence-electron chi connectivity index (χ1n) is 6.47. The van der Waals surface area contributed by atoms with Gasteiger partial charge in [-0.05, 0) is 24.3 Å². The minimum Gasteiger partial charge on any atom is -0.378 e. The van der Waals surface area contributed by atoms with Crippen molar-refractivity contribution in [3.05, 3.63) is 24.3 Å². The lowest BCUT2D eigenvalue weighted by Gasteiger charge is -2.28. The molecular weight excluding hydrogens is 274 g/mol. The molecule has 5 nitrogen and oxygen atoms in total. The van der Waals surface area contributed by atoms with E-state index in [1.54, 1.807) is 0 Å². The van der Waals surface area contributed by atoms with Gasteiger partial charge in [0.1, 0.15) is 0 Å². The van der Waals surface area contributed by atoms with E-state index in [2.05, 4.69) is 10.2 Å². The molecule has 1 aromatic carbocycles. The number of carbonyl (C=O) groups is 1. The molecular formula is C14H17N3O2S. The molecule has 1 fully saturated rings. The van der Waals surface area contributed by atoms with E-state index < -0.39 is 0 Å². The van der Waals surface area contributed by atoms with E-state index in [-0.39, 0.29) is 5.91 Å². The van der Waals surface area contributed by atoms with Gasteiger partial charge in [-0.3, -0.25) is 4.79 Å². The number of amides is 1. The van der Waals surface area contributed by atoms with Crippen molar-refractivity contribution in [1.82, 2.24) is 0 Å². The van der Waals surface area contributed by atoms with E-state index in [1.807, 2.05) is 30.3 Å². The fraction of sp³-hybridized carbons (Fsp3) is 0.429. The fourth-order valence-corrected chi connectivity index (χ4v) is 2.41. The molecule has 0 aliphatic carbocycles. The van der Waals surface area contributed by atoms with Crippen LogP contribution in [0.1, 0.15) is 0 Å². The molecule has 1 amide bonds. The van der Waals surface area contributed by atoms with Crippen molar-refractivity contribution in [1.29, 1.82) is 5.26 Å². The third-order valence-electron chi connectivity index (χ3n) is 2.93. The zero-order valence-electron chi connectivity index (χ0n) is 11.2. The first-order valence-corrected chi connectivity index (χ1v) is 7.62. The summed E-state index contributed by atoms with van der Waals surface area (Å²) >= 11 is 1.31. The van der Waals surface area contributed by atoms with E-state index in [1.165, 1.54) is 11.8 Å². The molecule has 106 valence electrons. The molecule has 0 atom stereocenters. The van der Waals surface area contributed by atoms with Crippen LogP contribution in [0.5, 0.6) is 0 Å². The SMILES string of the molecule is N#CCSCC(=O)Nc1ccc(N2CCOCC2)cc1. The Morgan fingerprint density at radius 1 is 1.35 bits per heavy atom. The van der Waals surface area contributed by atoms with Crippen LogP contribution >= 0.6 is 11.8 Å². The molecule has 1 aliphatic heterocycles. The summed E-state index contributed by atoms with van der Waals surface area (Å²) in [7, 11) is 0. The predicted octanol–water partition coefficient (Wildman–Crippen LogP) is 1.72. The second-order valence-electron chi connectivity index (χ2n) is 4.35. The number of hydrogen-bond donors (Lipinski definition) is 1. The summed E-state index contributed by atoms with van der Waals surface area (Å²) in [5.41, 5.74) is 1.93. The van der Waals surface area contributed by atoms with E-state index >= 15 is 0 Å². The molecule has 1 aromatic rings. The molecule has 0 radical (unpaired) electrons. The summed E-state index contributed by atoms with van der Waals surface area (Å²) in [5.74, 6) is 0.562. The number of carbonyl (C=O) groups excluding carboxylic acids is 1. The molecule has 1 aliphatic rings. The van der Waals surface area contributed by atoms with Gasteiger partial charge in [-0.2, -0.15) is 5.26 Å². The van der Waals surface area contributed by atoms with Crippen LogP contribution in [0.25, 0.3) is 0 Å². The average Bonchev–Trinajstić information content (AvgIpc) is 2.49.